The maximum absolute atomic E-state index is 13.6. The summed E-state index contributed by atoms with van der Waals surface area (Å²) in [5.74, 6) is -0.0108. The Bertz CT molecular complexity index is 956. The number of nitrogens with zero attached hydrogens (tertiary/aromatic N) is 1. The number of carbonyl (C=O) groups excluding carboxylic acids is 3. The summed E-state index contributed by atoms with van der Waals surface area (Å²) in [4.78, 5) is 42.0. The molecule has 2 N–H and O–H groups in total. The summed E-state index contributed by atoms with van der Waals surface area (Å²) in [6, 6.07) is 7.56. The highest BCUT2D eigenvalue weighted by Gasteiger charge is 2.80. The lowest BCUT2D eigenvalue weighted by atomic mass is 9.59. The second kappa shape index (κ2) is 4.21. The molecule has 1 aliphatic carbocycles. The number of rotatable bonds is 0. The van der Waals surface area contributed by atoms with Gasteiger partial charge in [0.05, 0.1) is 0 Å². The van der Waals surface area contributed by atoms with E-state index in [1.807, 2.05) is 29.2 Å². The van der Waals surface area contributed by atoms with E-state index in [0.29, 0.717) is 24.9 Å². The molecular weight excluding hydrogens is 342 g/mol. The fourth-order valence-corrected chi connectivity index (χ4v) is 7.02. The monoisotopic (exact) mass is 365 g/mol. The van der Waals surface area contributed by atoms with Crippen LogP contribution in [0.5, 0.6) is 0 Å². The maximum atomic E-state index is 13.6. The fourth-order valence-electron chi connectivity index (χ4n) is 7.02. The number of Topliss-reactive ketones (excluding diaryl/α,β-unsaturated/α-hetero) is 1. The predicted octanol–water partition coefficient (Wildman–Crippen LogP) is 1.71. The molecule has 7 rings (SSSR count). The normalized spacial score (nSPS) is 42.8. The summed E-state index contributed by atoms with van der Waals surface area (Å²) >= 11 is 0. The SMILES string of the molecule is CC1(C)[C@H]2C[C@]34CCCN3C(=O)[C@@]2(C[C@@]12Nc1ccccc1C2=O)NC4=O. The minimum absolute atomic E-state index is 0.0198. The highest BCUT2D eigenvalue weighted by atomic mass is 16.2. The zero-order valence-corrected chi connectivity index (χ0v) is 15.6. The second-order valence-corrected chi connectivity index (χ2v) is 9.58. The van der Waals surface area contributed by atoms with Gasteiger partial charge >= 0.3 is 0 Å². The summed E-state index contributed by atoms with van der Waals surface area (Å²) in [6.45, 7) is 4.84. The average Bonchev–Trinajstić information content (AvgIpc) is 3.24. The van der Waals surface area contributed by atoms with Gasteiger partial charge in [-0.1, -0.05) is 26.0 Å². The molecule has 4 saturated heterocycles. The quantitative estimate of drug-likeness (QED) is 0.734. The first-order valence-corrected chi connectivity index (χ1v) is 9.85. The Hall–Kier alpha value is -2.37. The third-order valence-electron chi connectivity index (χ3n) is 8.43. The number of benzene rings is 1. The van der Waals surface area contributed by atoms with Crippen LogP contribution in [0.3, 0.4) is 0 Å². The number of carbonyl (C=O) groups is 3. The van der Waals surface area contributed by atoms with Crippen LogP contribution in [-0.2, 0) is 9.59 Å². The van der Waals surface area contributed by atoms with Gasteiger partial charge in [-0.3, -0.25) is 14.4 Å². The number of para-hydroxylation sites is 1. The number of nitrogens with one attached hydrogen (secondary N) is 2. The smallest absolute Gasteiger partial charge is 0.249 e. The number of piperazine rings is 1. The van der Waals surface area contributed by atoms with Gasteiger partial charge in [0.2, 0.25) is 11.8 Å². The largest absolute Gasteiger partial charge is 0.371 e. The Morgan fingerprint density at radius 3 is 2.67 bits per heavy atom. The Kier molecular flexibility index (Phi) is 2.44. The van der Waals surface area contributed by atoms with Gasteiger partial charge in [0.1, 0.15) is 16.6 Å². The molecule has 0 radical (unpaired) electrons. The van der Waals surface area contributed by atoms with Crippen LogP contribution in [0.15, 0.2) is 24.3 Å². The molecule has 1 aromatic rings. The van der Waals surface area contributed by atoms with E-state index < -0.39 is 22.0 Å². The van der Waals surface area contributed by atoms with Gasteiger partial charge in [0.25, 0.3) is 0 Å². The minimum Gasteiger partial charge on any atom is -0.371 e. The van der Waals surface area contributed by atoms with Gasteiger partial charge in [-0.2, -0.15) is 0 Å². The van der Waals surface area contributed by atoms with Crippen molar-refractivity contribution < 1.29 is 14.4 Å². The minimum atomic E-state index is -0.975. The van der Waals surface area contributed by atoms with Crippen LogP contribution < -0.4 is 10.6 Å². The summed E-state index contributed by atoms with van der Waals surface area (Å²) in [5, 5.41) is 6.65. The molecule has 5 fully saturated rings. The Labute approximate surface area is 157 Å². The van der Waals surface area contributed by atoms with Crippen LogP contribution in [-0.4, -0.2) is 45.7 Å². The molecule has 1 aromatic carbocycles. The van der Waals surface area contributed by atoms with Crippen molar-refractivity contribution in [2.24, 2.45) is 11.3 Å². The van der Waals surface area contributed by atoms with E-state index >= 15 is 0 Å². The number of hydrogen-bond donors (Lipinski definition) is 2. The lowest BCUT2D eigenvalue weighted by Crippen LogP contribution is -2.81. The van der Waals surface area contributed by atoms with Crippen LogP contribution in [0.25, 0.3) is 0 Å². The average molecular weight is 365 g/mol. The molecule has 5 heterocycles. The second-order valence-electron chi connectivity index (χ2n) is 9.58. The van der Waals surface area contributed by atoms with Crippen molar-refractivity contribution in [1.82, 2.24) is 10.2 Å². The van der Waals surface area contributed by atoms with Crippen LogP contribution >= 0.6 is 0 Å². The van der Waals surface area contributed by atoms with Crippen molar-refractivity contribution in [3.63, 3.8) is 0 Å². The van der Waals surface area contributed by atoms with E-state index in [1.54, 1.807) is 0 Å². The Balaban J connectivity index is 1.55. The Morgan fingerprint density at radius 1 is 1.11 bits per heavy atom. The zero-order valence-electron chi connectivity index (χ0n) is 15.6. The molecule has 6 nitrogen and oxygen atoms in total. The summed E-state index contributed by atoms with van der Waals surface area (Å²) in [6.07, 6.45) is 2.57. The molecule has 27 heavy (non-hydrogen) atoms. The van der Waals surface area contributed by atoms with Crippen molar-refractivity contribution in [3.8, 4) is 0 Å². The van der Waals surface area contributed by atoms with E-state index in [-0.39, 0.29) is 23.5 Å². The Morgan fingerprint density at radius 2 is 1.89 bits per heavy atom. The van der Waals surface area contributed by atoms with E-state index in [4.69, 9.17) is 0 Å². The molecule has 140 valence electrons. The molecule has 2 amide bonds. The first-order valence-electron chi connectivity index (χ1n) is 9.85. The van der Waals surface area contributed by atoms with E-state index in [2.05, 4.69) is 24.5 Å². The van der Waals surface area contributed by atoms with Gasteiger partial charge < -0.3 is 15.5 Å². The standard InChI is InChI=1S/C21H23N3O3/c1-18(2)14-10-19-8-5-9-24(19)17(27)20(14,23-16(19)26)11-21(18)15(25)12-6-3-4-7-13(12)22-21/h3-4,6-7,14,22H,5,8-11H2,1-2H3,(H,23,26)/t14-,19+,20+,21+/m1/s1. The van der Waals surface area contributed by atoms with E-state index in [0.717, 1.165) is 18.5 Å². The molecule has 6 heteroatoms. The molecule has 0 aromatic heterocycles. The third-order valence-corrected chi connectivity index (χ3v) is 8.43. The number of ketones is 1. The van der Waals surface area contributed by atoms with Gasteiger partial charge in [0, 0.05) is 35.5 Å². The molecular formula is C21H23N3O3. The molecule has 0 unspecified atom stereocenters. The van der Waals surface area contributed by atoms with Gasteiger partial charge in [0.15, 0.2) is 5.78 Å². The van der Waals surface area contributed by atoms with Crippen molar-refractivity contribution in [3.05, 3.63) is 29.8 Å². The third kappa shape index (κ3) is 1.38. The van der Waals surface area contributed by atoms with Crippen LogP contribution in [0.2, 0.25) is 0 Å². The molecule has 6 aliphatic rings. The lowest BCUT2D eigenvalue weighted by molar-refractivity contribution is -0.175. The summed E-state index contributed by atoms with van der Waals surface area (Å²) < 4.78 is 0. The van der Waals surface area contributed by atoms with Crippen molar-refractivity contribution in [2.45, 2.75) is 56.1 Å². The number of piperidine rings is 2. The zero-order chi connectivity index (χ0) is 18.8. The molecule has 5 aliphatic heterocycles. The first kappa shape index (κ1) is 15.7. The molecule has 1 saturated carbocycles. The van der Waals surface area contributed by atoms with Gasteiger partial charge in [-0.15, -0.1) is 0 Å². The molecule has 4 atom stereocenters. The highest BCUT2D eigenvalue weighted by molar-refractivity contribution is 6.16. The van der Waals surface area contributed by atoms with E-state index in [9.17, 15) is 14.4 Å². The fraction of sp³-hybridized carbons (Fsp3) is 0.571. The number of hydrogen-bond acceptors (Lipinski definition) is 4. The predicted molar refractivity (Wildman–Crippen MR) is 98.2 cm³/mol. The van der Waals surface area contributed by atoms with Gasteiger partial charge in [-0.25, -0.2) is 0 Å². The molecule has 2 bridgehead atoms. The van der Waals surface area contributed by atoms with Crippen LogP contribution in [0.4, 0.5) is 5.69 Å². The van der Waals surface area contributed by atoms with Gasteiger partial charge in [-0.05, 0) is 31.4 Å². The van der Waals surface area contributed by atoms with Crippen molar-refractivity contribution >= 4 is 23.3 Å². The maximum Gasteiger partial charge on any atom is 0.249 e. The highest BCUT2D eigenvalue weighted by Crippen LogP contribution is 2.66. The number of amides is 2. The van der Waals surface area contributed by atoms with Crippen molar-refractivity contribution in [1.29, 1.82) is 0 Å². The van der Waals surface area contributed by atoms with E-state index in [1.165, 1.54) is 0 Å². The summed E-state index contributed by atoms with van der Waals surface area (Å²) in [5.41, 5.74) is -1.49. The summed E-state index contributed by atoms with van der Waals surface area (Å²) in [7, 11) is 0. The van der Waals surface area contributed by atoms with Crippen molar-refractivity contribution in [2.75, 3.05) is 11.9 Å². The first-order chi connectivity index (χ1) is 12.8. The number of fused-ring (bicyclic) bond motifs is 2. The van der Waals surface area contributed by atoms with Crippen LogP contribution in [0.1, 0.15) is 49.9 Å². The number of anilines is 1. The molecule has 3 spiro atoms. The van der Waals surface area contributed by atoms with Crippen LogP contribution in [0, 0.1) is 11.3 Å². The topological polar surface area (TPSA) is 78.5 Å². The lowest BCUT2D eigenvalue weighted by Gasteiger charge is -2.58.